The second kappa shape index (κ2) is 3.28. The first-order valence-corrected chi connectivity index (χ1v) is 2.98. The van der Waals surface area contributed by atoms with Crippen LogP contribution in [0.3, 0.4) is 0 Å². The van der Waals surface area contributed by atoms with Gasteiger partial charge in [-0.1, -0.05) is 13.0 Å². The minimum atomic E-state index is 0.167. The van der Waals surface area contributed by atoms with Crippen LogP contribution in [-0.2, 0) is 0 Å². The molecule has 0 aliphatic carbocycles. The third-order valence-corrected chi connectivity index (χ3v) is 1.27. The van der Waals surface area contributed by atoms with E-state index in [4.69, 9.17) is 5.41 Å². The van der Waals surface area contributed by atoms with Crippen molar-refractivity contribution >= 4 is 5.84 Å². The summed E-state index contributed by atoms with van der Waals surface area (Å²) in [6, 6.07) is 0. The van der Waals surface area contributed by atoms with E-state index in [1.807, 2.05) is 21.0 Å². The van der Waals surface area contributed by atoms with Gasteiger partial charge < -0.3 is 4.90 Å². The van der Waals surface area contributed by atoms with E-state index in [1.165, 1.54) is 0 Å². The van der Waals surface area contributed by atoms with Crippen LogP contribution in [0.5, 0.6) is 0 Å². The summed E-state index contributed by atoms with van der Waals surface area (Å²) in [6.45, 7) is 5.55. The molecule has 9 heavy (non-hydrogen) atoms. The number of nitrogens with zero attached hydrogens (tertiary/aromatic N) is 1. The zero-order valence-electron chi connectivity index (χ0n) is 6.31. The van der Waals surface area contributed by atoms with Crippen LogP contribution in [-0.4, -0.2) is 24.8 Å². The first-order chi connectivity index (χ1) is 4.09. The first-order valence-electron chi connectivity index (χ1n) is 2.98. The highest BCUT2D eigenvalue weighted by atomic mass is 15.1. The van der Waals surface area contributed by atoms with E-state index >= 15 is 0 Å². The van der Waals surface area contributed by atoms with Crippen molar-refractivity contribution in [3.63, 3.8) is 0 Å². The molecule has 52 valence electrons. The molecule has 0 aliphatic heterocycles. The average molecular weight is 126 g/mol. The minimum Gasteiger partial charge on any atom is -0.366 e. The summed E-state index contributed by atoms with van der Waals surface area (Å²) in [7, 11) is 3.73. The van der Waals surface area contributed by atoms with Gasteiger partial charge in [-0.25, -0.2) is 0 Å². The van der Waals surface area contributed by atoms with Crippen molar-refractivity contribution in [2.75, 3.05) is 14.1 Å². The lowest BCUT2D eigenvalue weighted by Crippen LogP contribution is -2.25. The maximum Gasteiger partial charge on any atom is 0.102 e. The lowest BCUT2D eigenvalue weighted by molar-refractivity contribution is 0.582. The summed E-state index contributed by atoms with van der Waals surface area (Å²) in [5.74, 6) is 0.769. The second-order valence-electron chi connectivity index (χ2n) is 2.30. The highest BCUT2D eigenvalue weighted by Gasteiger charge is 2.04. The molecule has 0 aromatic rings. The molecule has 1 unspecified atom stereocenters. The topological polar surface area (TPSA) is 27.1 Å². The zero-order valence-corrected chi connectivity index (χ0v) is 6.31. The molecule has 0 aromatic carbocycles. The number of hydrogen-bond donors (Lipinski definition) is 1. The van der Waals surface area contributed by atoms with Gasteiger partial charge in [0.05, 0.1) is 0 Å². The van der Waals surface area contributed by atoms with Crippen molar-refractivity contribution in [3.05, 3.63) is 12.7 Å². The largest absolute Gasteiger partial charge is 0.366 e. The molecule has 0 rings (SSSR count). The van der Waals surface area contributed by atoms with Crippen molar-refractivity contribution in [3.8, 4) is 0 Å². The number of rotatable bonds is 2. The fourth-order valence-corrected chi connectivity index (χ4v) is 0.519. The lowest BCUT2D eigenvalue weighted by Gasteiger charge is -2.16. The number of amidine groups is 1. The molecule has 1 atom stereocenters. The normalized spacial score (nSPS) is 12.3. The second-order valence-corrected chi connectivity index (χ2v) is 2.30. The quantitative estimate of drug-likeness (QED) is 0.337. The van der Waals surface area contributed by atoms with Crippen LogP contribution < -0.4 is 0 Å². The van der Waals surface area contributed by atoms with Crippen molar-refractivity contribution < 1.29 is 0 Å². The molecule has 2 heteroatoms. The van der Waals surface area contributed by atoms with E-state index in [9.17, 15) is 0 Å². The SMILES string of the molecule is C=CC(C)C(=N)N(C)C. The molecule has 0 saturated carbocycles. The van der Waals surface area contributed by atoms with Gasteiger partial charge in [-0.3, -0.25) is 5.41 Å². The molecule has 0 spiro atoms. The van der Waals surface area contributed by atoms with Crippen molar-refractivity contribution in [2.24, 2.45) is 5.92 Å². The van der Waals surface area contributed by atoms with Crippen LogP contribution in [0.2, 0.25) is 0 Å². The van der Waals surface area contributed by atoms with Crippen molar-refractivity contribution in [1.82, 2.24) is 4.90 Å². The third kappa shape index (κ3) is 2.31. The Hall–Kier alpha value is -0.790. The zero-order chi connectivity index (χ0) is 7.44. The lowest BCUT2D eigenvalue weighted by atomic mass is 10.1. The van der Waals surface area contributed by atoms with E-state index in [1.54, 1.807) is 11.0 Å². The molecule has 2 nitrogen and oxygen atoms in total. The summed E-state index contributed by atoms with van der Waals surface area (Å²) < 4.78 is 0. The molecular formula is C7H14N2. The van der Waals surface area contributed by atoms with Crippen LogP contribution in [0.4, 0.5) is 0 Å². The van der Waals surface area contributed by atoms with Crippen LogP contribution in [0.1, 0.15) is 6.92 Å². The standard InChI is InChI=1S/C7H14N2/c1-5-6(2)7(8)9(3)4/h5-6,8H,1H2,2-4H3. The van der Waals surface area contributed by atoms with Gasteiger partial charge in [0.1, 0.15) is 5.84 Å². The van der Waals surface area contributed by atoms with Gasteiger partial charge in [-0.15, -0.1) is 6.58 Å². The van der Waals surface area contributed by atoms with E-state index in [-0.39, 0.29) is 5.92 Å². The van der Waals surface area contributed by atoms with Gasteiger partial charge in [-0.05, 0) is 0 Å². The third-order valence-electron chi connectivity index (χ3n) is 1.27. The van der Waals surface area contributed by atoms with Gasteiger partial charge in [0.2, 0.25) is 0 Å². The van der Waals surface area contributed by atoms with Crippen LogP contribution >= 0.6 is 0 Å². The Balaban J connectivity index is 3.87. The van der Waals surface area contributed by atoms with Gasteiger partial charge in [0.15, 0.2) is 0 Å². The highest BCUT2D eigenvalue weighted by molar-refractivity contribution is 5.82. The fourth-order valence-electron chi connectivity index (χ4n) is 0.519. The van der Waals surface area contributed by atoms with Crippen LogP contribution in [0.25, 0.3) is 0 Å². The average Bonchev–Trinajstić information content (AvgIpc) is 1.84. The molecule has 0 bridgehead atoms. The maximum atomic E-state index is 7.40. The smallest absolute Gasteiger partial charge is 0.102 e. The molecule has 0 aromatic heterocycles. The van der Waals surface area contributed by atoms with Crippen molar-refractivity contribution in [1.29, 1.82) is 5.41 Å². The van der Waals surface area contributed by atoms with Gasteiger partial charge in [0.25, 0.3) is 0 Å². The van der Waals surface area contributed by atoms with Crippen LogP contribution in [0, 0.1) is 11.3 Å². The molecule has 0 amide bonds. The molecule has 0 heterocycles. The summed E-state index contributed by atoms with van der Waals surface area (Å²) in [5, 5.41) is 7.40. The Morgan fingerprint density at radius 2 is 2.11 bits per heavy atom. The van der Waals surface area contributed by atoms with Crippen LogP contribution in [0.15, 0.2) is 12.7 Å². The molecular weight excluding hydrogens is 112 g/mol. The van der Waals surface area contributed by atoms with Crippen molar-refractivity contribution in [2.45, 2.75) is 6.92 Å². The summed E-state index contributed by atoms with van der Waals surface area (Å²) in [5.41, 5.74) is 0. The fraction of sp³-hybridized carbons (Fsp3) is 0.571. The van der Waals surface area contributed by atoms with Gasteiger partial charge in [0, 0.05) is 20.0 Å². The number of nitrogens with one attached hydrogen (secondary N) is 1. The van der Waals surface area contributed by atoms with E-state index < -0.39 is 0 Å². The molecule has 0 saturated heterocycles. The highest BCUT2D eigenvalue weighted by Crippen LogP contribution is 1.98. The Morgan fingerprint density at radius 1 is 1.67 bits per heavy atom. The van der Waals surface area contributed by atoms with E-state index in [0.717, 1.165) is 0 Å². The van der Waals surface area contributed by atoms with E-state index in [0.29, 0.717) is 5.84 Å². The molecule has 1 N–H and O–H groups in total. The maximum absolute atomic E-state index is 7.40. The minimum absolute atomic E-state index is 0.167. The van der Waals surface area contributed by atoms with E-state index in [2.05, 4.69) is 6.58 Å². The molecule has 0 aliphatic rings. The Labute approximate surface area is 56.7 Å². The molecule has 0 radical (unpaired) electrons. The monoisotopic (exact) mass is 126 g/mol. The Morgan fingerprint density at radius 3 is 2.22 bits per heavy atom. The molecule has 0 fully saturated rings. The summed E-state index contributed by atoms with van der Waals surface area (Å²) >= 11 is 0. The first kappa shape index (κ1) is 8.21. The van der Waals surface area contributed by atoms with Gasteiger partial charge in [-0.2, -0.15) is 0 Å². The van der Waals surface area contributed by atoms with Gasteiger partial charge >= 0.3 is 0 Å². The number of hydrogen-bond acceptors (Lipinski definition) is 1. The Bertz CT molecular complexity index is 116. The predicted molar refractivity (Wildman–Crippen MR) is 40.8 cm³/mol. The predicted octanol–water partition coefficient (Wildman–Crippen LogP) is 1.35. The Kier molecular flexibility index (Phi) is 2.99. The summed E-state index contributed by atoms with van der Waals surface area (Å²) in [4.78, 5) is 1.78. The summed E-state index contributed by atoms with van der Waals surface area (Å²) in [6.07, 6.45) is 1.77.